The fraction of sp³-hybridized carbons (Fsp3) is 0.733. The summed E-state index contributed by atoms with van der Waals surface area (Å²) in [6.45, 7) is 7.26. The molecule has 1 aromatic heterocycles. The highest BCUT2D eigenvalue weighted by molar-refractivity contribution is 5.79. The van der Waals surface area contributed by atoms with Gasteiger partial charge < -0.3 is 14.6 Å². The Labute approximate surface area is 124 Å². The lowest BCUT2D eigenvalue weighted by molar-refractivity contribution is -0.121. The predicted octanol–water partition coefficient (Wildman–Crippen LogP) is 0.813. The zero-order valence-electron chi connectivity index (χ0n) is 12.7. The van der Waals surface area contributed by atoms with Gasteiger partial charge >= 0.3 is 0 Å². The highest BCUT2D eigenvalue weighted by Gasteiger charge is 2.35. The van der Waals surface area contributed by atoms with Gasteiger partial charge in [0.1, 0.15) is 5.76 Å². The van der Waals surface area contributed by atoms with E-state index in [1.807, 2.05) is 13.8 Å². The number of ether oxygens (including phenoxy) is 1. The minimum atomic E-state index is 0.0177. The van der Waals surface area contributed by atoms with Crippen LogP contribution in [0.2, 0.25) is 0 Å². The molecule has 2 saturated heterocycles. The Balaban J connectivity index is 1.59. The standard InChI is InChI=1S/C15H23N3O3/c1-10-12(11(2)21-17-10)7-15(19)16-13-8-20-9-14(13)18-5-3-4-6-18/h13-14H,3-9H2,1-2H3,(H,16,19)/t13-,14-/m0/s1. The van der Waals surface area contributed by atoms with Gasteiger partial charge in [-0.1, -0.05) is 5.16 Å². The van der Waals surface area contributed by atoms with Crippen LogP contribution < -0.4 is 5.32 Å². The lowest BCUT2D eigenvalue weighted by Crippen LogP contribution is -2.50. The van der Waals surface area contributed by atoms with E-state index in [1.165, 1.54) is 12.8 Å². The number of nitrogens with one attached hydrogen (secondary N) is 1. The van der Waals surface area contributed by atoms with Gasteiger partial charge in [0.15, 0.2) is 0 Å². The van der Waals surface area contributed by atoms with Crippen LogP contribution in [0.5, 0.6) is 0 Å². The molecule has 0 bridgehead atoms. The highest BCUT2D eigenvalue weighted by atomic mass is 16.5. The number of nitrogens with zero attached hydrogens (tertiary/aromatic N) is 2. The molecule has 1 aromatic rings. The molecule has 2 atom stereocenters. The summed E-state index contributed by atoms with van der Waals surface area (Å²) in [5, 5.41) is 7.01. The van der Waals surface area contributed by atoms with Gasteiger partial charge in [0.05, 0.1) is 37.4 Å². The molecule has 2 aliphatic rings. The van der Waals surface area contributed by atoms with Gasteiger partial charge in [-0.2, -0.15) is 0 Å². The van der Waals surface area contributed by atoms with Crippen molar-refractivity contribution < 1.29 is 14.1 Å². The van der Waals surface area contributed by atoms with Crippen LogP contribution in [0.1, 0.15) is 29.9 Å². The van der Waals surface area contributed by atoms with E-state index in [0.29, 0.717) is 19.1 Å². The summed E-state index contributed by atoms with van der Waals surface area (Å²) in [5.74, 6) is 0.741. The SMILES string of the molecule is Cc1noc(C)c1CC(=O)N[C@H]1COC[C@@H]1N1CCCC1. The largest absolute Gasteiger partial charge is 0.378 e. The van der Waals surface area contributed by atoms with E-state index in [2.05, 4.69) is 15.4 Å². The Morgan fingerprint density at radius 3 is 2.76 bits per heavy atom. The van der Waals surface area contributed by atoms with E-state index in [-0.39, 0.29) is 11.9 Å². The fourth-order valence-corrected chi connectivity index (χ4v) is 3.29. The van der Waals surface area contributed by atoms with Crippen molar-refractivity contribution in [2.75, 3.05) is 26.3 Å². The van der Waals surface area contributed by atoms with Crippen LogP contribution in [0.4, 0.5) is 0 Å². The topological polar surface area (TPSA) is 67.6 Å². The molecular formula is C15H23N3O3. The number of hydrogen-bond donors (Lipinski definition) is 1. The van der Waals surface area contributed by atoms with Crippen LogP contribution in [0.25, 0.3) is 0 Å². The normalized spacial score (nSPS) is 26.4. The Kier molecular flexibility index (Phi) is 4.26. The molecule has 6 nitrogen and oxygen atoms in total. The lowest BCUT2D eigenvalue weighted by Gasteiger charge is -2.27. The molecule has 0 spiro atoms. The number of carbonyl (C=O) groups is 1. The summed E-state index contributed by atoms with van der Waals surface area (Å²) in [4.78, 5) is 14.7. The predicted molar refractivity (Wildman–Crippen MR) is 77.0 cm³/mol. The molecular weight excluding hydrogens is 270 g/mol. The number of hydrogen-bond acceptors (Lipinski definition) is 5. The second-order valence-corrected chi connectivity index (χ2v) is 6.00. The third kappa shape index (κ3) is 3.11. The molecule has 1 amide bonds. The van der Waals surface area contributed by atoms with Crippen LogP contribution in [-0.4, -0.2) is 54.4 Å². The van der Waals surface area contributed by atoms with Gasteiger partial charge in [-0.25, -0.2) is 0 Å². The van der Waals surface area contributed by atoms with E-state index < -0.39 is 0 Å². The number of carbonyl (C=O) groups excluding carboxylic acids is 1. The maximum absolute atomic E-state index is 12.3. The van der Waals surface area contributed by atoms with Gasteiger partial charge in [0, 0.05) is 5.56 Å². The first-order valence-corrected chi connectivity index (χ1v) is 7.68. The molecule has 0 aromatic carbocycles. The number of amides is 1. The second kappa shape index (κ2) is 6.15. The minimum absolute atomic E-state index is 0.0177. The number of rotatable bonds is 4. The van der Waals surface area contributed by atoms with Gasteiger partial charge in [-0.15, -0.1) is 0 Å². The van der Waals surface area contributed by atoms with E-state index >= 15 is 0 Å². The van der Waals surface area contributed by atoms with Crippen LogP contribution in [0, 0.1) is 13.8 Å². The first kappa shape index (κ1) is 14.5. The van der Waals surface area contributed by atoms with E-state index in [1.54, 1.807) is 0 Å². The minimum Gasteiger partial charge on any atom is -0.378 e. The summed E-state index contributed by atoms with van der Waals surface area (Å²) in [6, 6.07) is 0.414. The van der Waals surface area contributed by atoms with Crippen molar-refractivity contribution in [3.8, 4) is 0 Å². The molecule has 0 aliphatic carbocycles. The van der Waals surface area contributed by atoms with Crippen LogP contribution in [0.15, 0.2) is 4.52 Å². The summed E-state index contributed by atoms with van der Waals surface area (Å²) < 4.78 is 10.7. The van der Waals surface area contributed by atoms with Crippen LogP contribution in [0.3, 0.4) is 0 Å². The first-order valence-electron chi connectivity index (χ1n) is 7.68. The van der Waals surface area contributed by atoms with Gasteiger partial charge in [-0.05, 0) is 39.8 Å². The van der Waals surface area contributed by atoms with Crippen molar-refractivity contribution in [2.24, 2.45) is 0 Å². The van der Waals surface area contributed by atoms with Crippen molar-refractivity contribution in [3.63, 3.8) is 0 Å². The molecule has 1 N–H and O–H groups in total. The monoisotopic (exact) mass is 293 g/mol. The van der Waals surface area contributed by atoms with Gasteiger partial charge in [0.2, 0.25) is 5.91 Å². The quantitative estimate of drug-likeness (QED) is 0.890. The lowest BCUT2D eigenvalue weighted by atomic mass is 10.1. The van der Waals surface area contributed by atoms with E-state index in [9.17, 15) is 4.79 Å². The van der Waals surface area contributed by atoms with E-state index in [4.69, 9.17) is 9.26 Å². The van der Waals surface area contributed by atoms with Crippen LogP contribution in [-0.2, 0) is 16.0 Å². The Morgan fingerprint density at radius 1 is 1.33 bits per heavy atom. The summed E-state index contributed by atoms with van der Waals surface area (Å²) >= 11 is 0. The molecule has 0 unspecified atom stereocenters. The maximum Gasteiger partial charge on any atom is 0.224 e. The third-order valence-corrected chi connectivity index (χ3v) is 4.53. The van der Waals surface area contributed by atoms with Crippen molar-refractivity contribution >= 4 is 5.91 Å². The smallest absolute Gasteiger partial charge is 0.224 e. The molecule has 0 saturated carbocycles. The van der Waals surface area contributed by atoms with Crippen molar-refractivity contribution in [1.29, 1.82) is 0 Å². The molecule has 3 rings (SSSR count). The average molecular weight is 293 g/mol. The number of aromatic nitrogens is 1. The fourth-order valence-electron chi connectivity index (χ4n) is 3.29. The molecule has 0 radical (unpaired) electrons. The zero-order chi connectivity index (χ0) is 14.8. The third-order valence-electron chi connectivity index (χ3n) is 4.53. The first-order chi connectivity index (χ1) is 10.1. The summed E-state index contributed by atoms with van der Waals surface area (Å²) in [5.41, 5.74) is 1.69. The van der Waals surface area contributed by atoms with Gasteiger partial charge in [0.25, 0.3) is 0 Å². The zero-order valence-corrected chi connectivity index (χ0v) is 12.7. The highest BCUT2D eigenvalue weighted by Crippen LogP contribution is 2.19. The average Bonchev–Trinajstić information content (AvgIpc) is 3.16. The van der Waals surface area contributed by atoms with Gasteiger partial charge in [-0.3, -0.25) is 9.69 Å². The molecule has 21 heavy (non-hydrogen) atoms. The van der Waals surface area contributed by atoms with Crippen molar-refractivity contribution in [3.05, 3.63) is 17.0 Å². The second-order valence-electron chi connectivity index (χ2n) is 6.00. The molecule has 2 fully saturated rings. The van der Waals surface area contributed by atoms with Crippen molar-refractivity contribution in [2.45, 2.75) is 45.2 Å². The summed E-state index contributed by atoms with van der Waals surface area (Å²) in [6.07, 6.45) is 2.82. The van der Waals surface area contributed by atoms with E-state index in [0.717, 1.165) is 36.7 Å². The van der Waals surface area contributed by atoms with Crippen molar-refractivity contribution in [1.82, 2.24) is 15.4 Å². The molecule has 2 aliphatic heterocycles. The molecule has 3 heterocycles. The van der Waals surface area contributed by atoms with Crippen LogP contribution >= 0.6 is 0 Å². The Morgan fingerprint density at radius 2 is 2.10 bits per heavy atom. The molecule has 6 heteroatoms. The molecule has 116 valence electrons. The Hall–Kier alpha value is -1.40. The number of aryl methyl sites for hydroxylation is 2. The maximum atomic E-state index is 12.3. The number of likely N-dealkylation sites (tertiary alicyclic amines) is 1. The summed E-state index contributed by atoms with van der Waals surface area (Å²) in [7, 11) is 0. The Bertz CT molecular complexity index is 489.